The highest BCUT2D eigenvalue weighted by atomic mass is 16.3. The summed E-state index contributed by atoms with van der Waals surface area (Å²) in [6.07, 6.45) is 4.35. The SMILES string of the molecule is CC(C)CNCc1ccc(CN2CC3CCCC3C2)o1. The molecule has 2 fully saturated rings. The van der Waals surface area contributed by atoms with Gasteiger partial charge in [0.2, 0.25) is 0 Å². The summed E-state index contributed by atoms with van der Waals surface area (Å²) in [5.41, 5.74) is 0. The second kappa shape index (κ2) is 6.31. The first kappa shape index (κ1) is 14.2. The lowest BCUT2D eigenvalue weighted by Crippen LogP contribution is -2.20. The van der Waals surface area contributed by atoms with Gasteiger partial charge in [0.15, 0.2) is 0 Å². The van der Waals surface area contributed by atoms with Crippen molar-refractivity contribution in [3.05, 3.63) is 23.7 Å². The summed E-state index contributed by atoms with van der Waals surface area (Å²) in [6, 6.07) is 4.28. The summed E-state index contributed by atoms with van der Waals surface area (Å²) in [6.45, 7) is 9.92. The molecule has 1 N–H and O–H groups in total. The fourth-order valence-corrected chi connectivity index (χ4v) is 3.77. The zero-order valence-corrected chi connectivity index (χ0v) is 12.9. The van der Waals surface area contributed by atoms with Gasteiger partial charge in [-0.15, -0.1) is 0 Å². The summed E-state index contributed by atoms with van der Waals surface area (Å²) in [5.74, 6) is 4.83. The molecule has 0 bridgehead atoms. The van der Waals surface area contributed by atoms with E-state index in [0.29, 0.717) is 5.92 Å². The molecule has 1 saturated carbocycles. The average Bonchev–Trinajstić information content (AvgIpc) is 3.05. The van der Waals surface area contributed by atoms with Gasteiger partial charge < -0.3 is 9.73 Å². The van der Waals surface area contributed by atoms with E-state index < -0.39 is 0 Å². The lowest BCUT2D eigenvalue weighted by molar-refractivity contribution is 0.271. The van der Waals surface area contributed by atoms with Gasteiger partial charge in [-0.25, -0.2) is 0 Å². The molecule has 20 heavy (non-hydrogen) atoms. The molecule has 1 aliphatic carbocycles. The van der Waals surface area contributed by atoms with Gasteiger partial charge in [0.05, 0.1) is 13.1 Å². The van der Waals surface area contributed by atoms with Gasteiger partial charge in [0, 0.05) is 13.1 Å². The molecular weight excluding hydrogens is 248 g/mol. The van der Waals surface area contributed by atoms with Gasteiger partial charge in [0.25, 0.3) is 0 Å². The molecule has 1 aromatic heterocycles. The molecule has 2 aliphatic rings. The summed E-state index contributed by atoms with van der Waals surface area (Å²) in [7, 11) is 0. The number of fused-ring (bicyclic) bond motifs is 1. The third-order valence-electron chi connectivity index (χ3n) is 4.75. The maximum atomic E-state index is 5.95. The Balaban J connectivity index is 1.45. The minimum Gasteiger partial charge on any atom is -0.463 e. The Hall–Kier alpha value is -0.800. The third-order valence-corrected chi connectivity index (χ3v) is 4.75. The van der Waals surface area contributed by atoms with E-state index in [-0.39, 0.29) is 0 Å². The first-order chi connectivity index (χ1) is 9.70. The third kappa shape index (κ3) is 3.44. The minimum absolute atomic E-state index is 0.688. The topological polar surface area (TPSA) is 28.4 Å². The molecule has 3 rings (SSSR count). The Labute approximate surface area is 122 Å². The lowest BCUT2D eigenvalue weighted by atomic mass is 10.0. The standard InChI is InChI=1S/C17H28N2O/c1-13(2)8-18-9-16-6-7-17(20-16)12-19-10-14-4-3-5-15(14)11-19/h6-7,13-15,18H,3-5,8-12H2,1-2H3. The number of nitrogens with zero attached hydrogens (tertiary/aromatic N) is 1. The maximum Gasteiger partial charge on any atom is 0.118 e. The molecule has 3 nitrogen and oxygen atoms in total. The zero-order chi connectivity index (χ0) is 13.9. The number of rotatable bonds is 6. The highest BCUT2D eigenvalue weighted by Crippen LogP contribution is 2.38. The van der Waals surface area contributed by atoms with Crippen LogP contribution in [0.5, 0.6) is 0 Å². The van der Waals surface area contributed by atoms with Crippen molar-refractivity contribution in [2.24, 2.45) is 17.8 Å². The second-order valence-electron chi connectivity index (χ2n) is 7.04. The van der Waals surface area contributed by atoms with Crippen LogP contribution in [0.15, 0.2) is 16.5 Å². The van der Waals surface area contributed by atoms with E-state index in [1.54, 1.807) is 0 Å². The van der Waals surface area contributed by atoms with Crippen molar-refractivity contribution in [2.75, 3.05) is 19.6 Å². The smallest absolute Gasteiger partial charge is 0.118 e. The fraction of sp³-hybridized carbons (Fsp3) is 0.765. The van der Waals surface area contributed by atoms with Crippen LogP contribution in [-0.4, -0.2) is 24.5 Å². The summed E-state index contributed by atoms with van der Waals surface area (Å²) >= 11 is 0. The van der Waals surface area contributed by atoms with Gasteiger partial charge in [-0.1, -0.05) is 20.3 Å². The van der Waals surface area contributed by atoms with Crippen LogP contribution in [0, 0.1) is 17.8 Å². The fourth-order valence-electron chi connectivity index (χ4n) is 3.77. The minimum atomic E-state index is 0.688. The van der Waals surface area contributed by atoms with E-state index >= 15 is 0 Å². The predicted octanol–water partition coefficient (Wildman–Crippen LogP) is 3.26. The van der Waals surface area contributed by atoms with Crippen molar-refractivity contribution in [3.8, 4) is 0 Å². The Kier molecular flexibility index (Phi) is 4.47. The van der Waals surface area contributed by atoms with E-state index in [2.05, 4.69) is 36.2 Å². The van der Waals surface area contributed by atoms with Crippen LogP contribution < -0.4 is 5.32 Å². The van der Waals surface area contributed by atoms with Crippen molar-refractivity contribution in [2.45, 2.75) is 46.2 Å². The molecular formula is C17H28N2O. The van der Waals surface area contributed by atoms with E-state index in [1.165, 1.54) is 32.4 Å². The predicted molar refractivity (Wildman–Crippen MR) is 81.4 cm³/mol. The van der Waals surface area contributed by atoms with E-state index in [1.807, 2.05) is 0 Å². The van der Waals surface area contributed by atoms with Gasteiger partial charge in [-0.05, 0) is 49.3 Å². The van der Waals surface area contributed by atoms with Gasteiger partial charge in [0.1, 0.15) is 11.5 Å². The first-order valence-electron chi connectivity index (χ1n) is 8.21. The van der Waals surface area contributed by atoms with Gasteiger partial charge >= 0.3 is 0 Å². The highest BCUT2D eigenvalue weighted by Gasteiger charge is 2.35. The quantitative estimate of drug-likeness (QED) is 0.864. The molecule has 0 amide bonds. The van der Waals surface area contributed by atoms with Crippen molar-refractivity contribution in [1.82, 2.24) is 10.2 Å². The van der Waals surface area contributed by atoms with Crippen LogP contribution in [0.3, 0.4) is 0 Å². The Morgan fingerprint density at radius 2 is 1.90 bits per heavy atom. The van der Waals surface area contributed by atoms with E-state index in [9.17, 15) is 0 Å². The molecule has 2 heterocycles. The van der Waals surface area contributed by atoms with E-state index in [0.717, 1.165) is 43.0 Å². The Morgan fingerprint density at radius 1 is 1.20 bits per heavy atom. The van der Waals surface area contributed by atoms with Gasteiger partial charge in [-0.3, -0.25) is 4.90 Å². The molecule has 2 atom stereocenters. The van der Waals surface area contributed by atoms with Crippen molar-refractivity contribution in [1.29, 1.82) is 0 Å². The maximum absolute atomic E-state index is 5.95. The lowest BCUT2D eigenvalue weighted by Gasteiger charge is -2.14. The number of hydrogen-bond acceptors (Lipinski definition) is 3. The largest absolute Gasteiger partial charge is 0.463 e. The van der Waals surface area contributed by atoms with Crippen LogP contribution in [0.4, 0.5) is 0 Å². The normalized spacial score (nSPS) is 26.6. The number of hydrogen-bond donors (Lipinski definition) is 1. The summed E-state index contributed by atoms with van der Waals surface area (Å²) in [5, 5.41) is 3.43. The number of furan rings is 1. The molecule has 0 spiro atoms. The van der Waals surface area contributed by atoms with E-state index in [4.69, 9.17) is 4.42 Å². The Bertz CT molecular complexity index is 414. The highest BCUT2D eigenvalue weighted by molar-refractivity contribution is 5.07. The molecule has 0 aromatic carbocycles. The van der Waals surface area contributed by atoms with Crippen LogP contribution >= 0.6 is 0 Å². The molecule has 1 aromatic rings. The van der Waals surface area contributed by atoms with Crippen molar-refractivity contribution in [3.63, 3.8) is 0 Å². The van der Waals surface area contributed by atoms with Crippen molar-refractivity contribution < 1.29 is 4.42 Å². The van der Waals surface area contributed by atoms with Crippen LogP contribution in [0.2, 0.25) is 0 Å². The molecule has 0 radical (unpaired) electrons. The van der Waals surface area contributed by atoms with Crippen LogP contribution in [-0.2, 0) is 13.1 Å². The molecule has 3 heteroatoms. The summed E-state index contributed by atoms with van der Waals surface area (Å²) < 4.78 is 5.95. The van der Waals surface area contributed by atoms with Crippen molar-refractivity contribution >= 4 is 0 Å². The van der Waals surface area contributed by atoms with Crippen LogP contribution in [0.1, 0.15) is 44.6 Å². The van der Waals surface area contributed by atoms with Gasteiger partial charge in [-0.2, -0.15) is 0 Å². The van der Waals surface area contributed by atoms with Crippen LogP contribution in [0.25, 0.3) is 0 Å². The number of likely N-dealkylation sites (tertiary alicyclic amines) is 1. The number of nitrogens with one attached hydrogen (secondary N) is 1. The first-order valence-corrected chi connectivity index (χ1v) is 8.21. The molecule has 2 unspecified atom stereocenters. The Morgan fingerprint density at radius 3 is 2.60 bits per heavy atom. The molecule has 112 valence electrons. The monoisotopic (exact) mass is 276 g/mol. The second-order valence-corrected chi connectivity index (χ2v) is 7.04. The molecule has 1 saturated heterocycles. The zero-order valence-electron chi connectivity index (χ0n) is 12.9. The average molecular weight is 276 g/mol. The molecule has 1 aliphatic heterocycles. The summed E-state index contributed by atoms with van der Waals surface area (Å²) in [4.78, 5) is 2.58.